The molecular formula is C19H14Cl2O3. The van der Waals surface area contributed by atoms with Gasteiger partial charge in [-0.05, 0) is 31.5 Å². The Morgan fingerprint density at radius 3 is 2.75 bits per heavy atom. The molecule has 2 unspecified atom stereocenters. The van der Waals surface area contributed by atoms with Crippen molar-refractivity contribution in [1.29, 1.82) is 0 Å². The van der Waals surface area contributed by atoms with Crippen LogP contribution in [0.1, 0.15) is 36.3 Å². The lowest BCUT2D eigenvalue weighted by Crippen LogP contribution is -2.12. The minimum atomic E-state index is -0.498. The lowest BCUT2D eigenvalue weighted by molar-refractivity contribution is -0.130. The van der Waals surface area contributed by atoms with Crippen LogP contribution in [0.2, 0.25) is 5.02 Å². The number of aromatic hydroxyl groups is 1. The summed E-state index contributed by atoms with van der Waals surface area (Å²) < 4.78 is 5.65. The van der Waals surface area contributed by atoms with Crippen molar-refractivity contribution in [2.24, 2.45) is 0 Å². The number of carbonyl (C=O) groups is 1. The summed E-state index contributed by atoms with van der Waals surface area (Å²) in [5.74, 6) is 0.113. The Kier molecular flexibility index (Phi) is 3.41. The van der Waals surface area contributed by atoms with Crippen molar-refractivity contribution >= 4 is 39.9 Å². The SMILES string of the molecule is C=C(C)C(=O)Oc1c2c(c(O)c3cc(Cl)ccc13)C1C=C(Cl)C2C1. The zero-order chi connectivity index (χ0) is 17.2. The van der Waals surface area contributed by atoms with Gasteiger partial charge in [-0.25, -0.2) is 4.79 Å². The molecule has 0 fully saturated rings. The van der Waals surface area contributed by atoms with Crippen LogP contribution in [0.5, 0.6) is 11.5 Å². The molecule has 2 aliphatic rings. The van der Waals surface area contributed by atoms with Gasteiger partial charge in [-0.3, -0.25) is 0 Å². The molecule has 0 heterocycles. The Balaban J connectivity index is 2.05. The van der Waals surface area contributed by atoms with E-state index in [0.717, 1.165) is 22.6 Å². The number of hydrogen-bond acceptors (Lipinski definition) is 3. The second-order valence-electron chi connectivity index (χ2n) is 6.31. The maximum Gasteiger partial charge on any atom is 0.338 e. The minimum absolute atomic E-state index is 0.0307. The summed E-state index contributed by atoms with van der Waals surface area (Å²) in [6.45, 7) is 5.24. The molecule has 24 heavy (non-hydrogen) atoms. The largest absolute Gasteiger partial charge is 0.507 e. The van der Waals surface area contributed by atoms with Crippen LogP contribution in [0.4, 0.5) is 0 Å². The fourth-order valence-corrected chi connectivity index (χ4v) is 4.18. The zero-order valence-corrected chi connectivity index (χ0v) is 14.4. The second-order valence-corrected chi connectivity index (χ2v) is 7.18. The molecule has 3 nitrogen and oxygen atoms in total. The standard InChI is InChI=1S/C19H14Cl2O3/c1-8(2)19(23)24-18-11-4-3-10(20)7-12(11)17(22)15-9-5-13(16(15)18)14(21)6-9/h3-4,6-7,9,13,22H,1,5H2,2H3. The minimum Gasteiger partial charge on any atom is -0.507 e. The van der Waals surface area contributed by atoms with Crippen LogP contribution in [-0.4, -0.2) is 11.1 Å². The zero-order valence-electron chi connectivity index (χ0n) is 12.9. The van der Waals surface area contributed by atoms with E-state index in [2.05, 4.69) is 6.58 Å². The van der Waals surface area contributed by atoms with Crippen LogP contribution < -0.4 is 4.74 Å². The summed E-state index contributed by atoms with van der Waals surface area (Å²) in [6, 6.07) is 5.14. The number of fused-ring (bicyclic) bond motifs is 6. The first kappa shape index (κ1) is 15.6. The number of hydrogen-bond donors (Lipinski definition) is 1. The monoisotopic (exact) mass is 360 g/mol. The normalized spacial score (nSPS) is 20.9. The Bertz CT molecular complexity index is 959. The van der Waals surface area contributed by atoms with Gasteiger partial charge in [-0.2, -0.15) is 0 Å². The smallest absolute Gasteiger partial charge is 0.338 e. The number of benzene rings is 2. The molecule has 0 saturated heterocycles. The fourth-order valence-electron chi connectivity index (χ4n) is 3.66. The average Bonchev–Trinajstić information content (AvgIpc) is 3.08. The first-order valence-electron chi connectivity index (χ1n) is 7.61. The molecule has 0 amide bonds. The summed E-state index contributed by atoms with van der Waals surface area (Å²) in [4.78, 5) is 12.1. The third-order valence-corrected chi connectivity index (χ3v) is 5.34. The van der Waals surface area contributed by atoms with Gasteiger partial charge >= 0.3 is 5.97 Å². The van der Waals surface area contributed by atoms with Gasteiger partial charge in [-0.15, -0.1) is 0 Å². The number of ether oxygens (including phenoxy) is 1. The lowest BCUT2D eigenvalue weighted by Gasteiger charge is -2.21. The highest BCUT2D eigenvalue weighted by atomic mass is 35.5. The third kappa shape index (κ3) is 2.08. The molecule has 0 aliphatic heterocycles. The first-order valence-corrected chi connectivity index (χ1v) is 8.37. The highest BCUT2D eigenvalue weighted by Gasteiger charge is 2.43. The van der Waals surface area contributed by atoms with E-state index in [1.54, 1.807) is 25.1 Å². The van der Waals surface area contributed by atoms with Gasteiger partial charge < -0.3 is 9.84 Å². The molecule has 5 heteroatoms. The molecule has 2 aromatic rings. The van der Waals surface area contributed by atoms with Gasteiger partial charge in [0.1, 0.15) is 11.5 Å². The number of allylic oxidation sites excluding steroid dienone is 2. The van der Waals surface area contributed by atoms with Crippen LogP contribution in [-0.2, 0) is 4.79 Å². The van der Waals surface area contributed by atoms with Crippen molar-refractivity contribution in [2.45, 2.75) is 25.2 Å². The number of phenolic OH excluding ortho intramolecular Hbond substituents is 1. The predicted molar refractivity (Wildman–Crippen MR) is 95.1 cm³/mol. The van der Waals surface area contributed by atoms with Crippen molar-refractivity contribution in [1.82, 2.24) is 0 Å². The lowest BCUT2D eigenvalue weighted by atomic mass is 9.90. The molecule has 2 bridgehead atoms. The fraction of sp³-hybridized carbons (Fsp3) is 0.211. The van der Waals surface area contributed by atoms with Crippen LogP contribution in [0.3, 0.4) is 0 Å². The number of esters is 1. The molecule has 0 aromatic heterocycles. The van der Waals surface area contributed by atoms with Crippen molar-refractivity contribution in [3.63, 3.8) is 0 Å². The topological polar surface area (TPSA) is 46.5 Å². The van der Waals surface area contributed by atoms with E-state index in [9.17, 15) is 9.90 Å². The molecular weight excluding hydrogens is 347 g/mol. The van der Waals surface area contributed by atoms with E-state index in [0.29, 0.717) is 27.1 Å². The van der Waals surface area contributed by atoms with Crippen molar-refractivity contribution in [2.75, 3.05) is 0 Å². The molecule has 2 atom stereocenters. The van der Waals surface area contributed by atoms with Crippen molar-refractivity contribution < 1.29 is 14.6 Å². The van der Waals surface area contributed by atoms with Gasteiger partial charge in [-0.1, -0.05) is 35.9 Å². The van der Waals surface area contributed by atoms with Gasteiger partial charge in [0.25, 0.3) is 0 Å². The van der Waals surface area contributed by atoms with Gasteiger partial charge in [0.05, 0.1) is 0 Å². The summed E-state index contributed by atoms with van der Waals surface area (Å²) in [5, 5.41) is 13.2. The average molecular weight is 361 g/mol. The Labute approximate surface area is 149 Å². The number of rotatable bonds is 2. The van der Waals surface area contributed by atoms with Gasteiger partial charge in [0.2, 0.25) is 0 Å². The molecule has 2 aliphatic carbocycles. The Morgan fingerprint density at radius 2 is 2.04 bits per heavy atom. The quantitative estimate of drug-likeness (QED) is 0.443. The van der Waals surface area contributed by atoms with Crippen LogP contribution >= 0.6 is 23.2 Å². The van der Waals surface area contributed by atoms with Crippen molar-refractivity contribution in [3.05, 3.63) is 57.6 Å². The van der Waals surface area contributed by atoms with Gasteiger partial charge in [0.15, 0.2) is 0 Å². The van der Waals surface area contributed by atoms with Crippen molar-refractivity contribution in [3.8, 4) is 11.5 Å². The number of carbonyl (C=O) groups excluding carboxylic acids is 1. The molecule has 0 saturated carbocycles. The maximum atomic E-state index is 12.1. The molecule has 4 rings (SSSR count). The molecule has 1 N–H and O–H groups in total. The first-order chi connectivity index (χ1) is 11.4. The van der Waals surface area contributed by atoms with Crippen LogP contribution in [0.25, 0.3) is 10.8 Å². The highest BCUT2D eigenvalue weighted by Crippen LogP contribution is 2.61. The third-order valence-electron chi connectivity index (χ3n) is 4.72. The highest BCUT2D eigenvalue weighted by molar-refractivity contribution is 6.32. The van der Waals surface area contributed by atoms with E-state index < -0.39 is 5.97 Å². The summed E-state index contributed by atoms with van der Waals surface area (Å²) >= 11 is 12.4. The molecule has 2 aromatic carbocycles. The van der Waals surface area contributed by atoms with E-state index in [1.807, 2.05) is 6.08 Å². The summed E-state index contributed by atoms with van der Waals surface area (Å²) in [7, 11) is 0. The van der Waals surface area contributed by atoms with E-state index in [1.165, 1.54) is 0 Å². The Hall–Kier alpha value is -1.97. The number of phenols is 1. The van der Waals surface area contributed by atoms with E-state index in [4.69, 9.17) is 27.9 Å². The van der Waals surface area contributed by atoms with Crippen LogP contribution in [0, 0.1) is 0 Å². The number of halogens is 2. The molecule has 122 valence electrons. The second kappa shape index (κ2) is 5.27. The summed E-state index contributed by atoms with van der Waals surface area (Å²) in [6.07, 6.45) is 2.73. The predicted octanol–water partition coefficient (Wildman–Crippen LogP) is 5.39. The van der Waals surface area contributed by atoms with Gasteiger partial charge in [0, 0.05) is 49.4 Å². The Morgan fingerprint density at radius 1 is 1.29 bits per heavy atom. The molecule has 0 spiro atoms. The molecule has 0 radical (unpaired) electrons. The maximum absolute atomic E-state index is 12.1. The van der Waals surface area contributed by atoms with E-state index >= 15 is 0 Å². The van der Waals surface area contributed by atoms with Crippen LogP contribution in [0.15, 0.2) is 41.5 Å². The summed E-state index contributed by atoms with van der Waals surface area (Å²) in [5.41, 5.74) is 1.89. The van der Waals surface area contributed by atoms with E-state index in [-0.39, 0.29) is 17.6 Å².